The fourth-order valence-corrected chi connectivity index (χ4v) is 4.40. The van der Waals surface area contributed by atoms with E-state index in [-0.39, 0.29) is 0 Å². The van der Waals surface area contributed by atoms with Crippen LogP contribution in [0.3, 0.4) is 0 Å². The highest BCUT2D eigenvalue weighted by atomic mass is 28.2. The van der Waals surface area contributed by atoms with Gasteiger partial charge in [0.05, 0.1) is 8.40 Å². The minimum atomic E-state index is -0.538. The normalized spacial score (nSPS) is 11.0. The van der Waals surface area contributed by atoms with Crippen molar-refractivity contribution >= 4 is 29.2 Å². The van der Waals surface area contributed by atoms with Gasteiger partial charge in [-0.05, 0) is 26.8 Å². The molecule has 0 fully saturated rings. The molecule has 0 bridgehead atoms. The molecule has 72 valence electrons. The van der Waals surface area contributed by atoms with E-state index < -0.39 is 8.40 Å². The van der Waals surface area contributed by atoms with Crippen molar-refractivity contribution in [2.75, 3.05) is 0 Å². The molecule has 1 heteroatoms. The molecule has 0 radical (unpaired) electrons. The van der Waals surface area contributed by atoms with Gasteiger partial charge in [0, 0.05) is 0 Å². The Labute approximate surface area is 90.7 Å². The maximum Gasteiger partial charge on any atom is 0.0527 e. The highest BCUT2D eigenvalue weighted by Crippen LogP contribution is 2.21. The van der Waals surface area contributed by atoms with Crippen LogP contribution in [0, 0.1) is 0 Å². The summed E-state index contributed by atoms with van der Waals surface area (Å²) >= 11 is 0. The van der Waals surface area contributed by atoms with Crippen LogP contribution in [0.2, 0.25) is 0 Å². The SMILES string of the molecule is C[si]1c2ccccc2cc2ccccc21. The summed E-state index contributed by atoms with van der Waals surface area (Å²) in [5.74, 6) is 0. The van der Waals surface area contributed by atoms with Gasteiger partial charge in [0.25, 0.3) is 0 Å². The van der Waals surface area contributed by atoms with E-state index in [1.165, 1.54) is 10.8 Å². The molecule has 0 nitrogen and oxygen atoms in total. The van der Waals surface area contributed by atoms with Crippen LogP contribution in [-0.4, -0.2) is 8.40 Å². The van der Waals surface area contributed by atoms with Gasteiger partial charge in [-0.2, -0.15) is 0 Å². The molecule has 2 aromatic carbocycles. The predicted molar refractivity (Wildman–Crippen MR) is 68.4 cm³/mol. The van der Waals surface area contributed by atoms with Crippen molar-refractivity contribution in [3.05, 3.63) is 54.6 Å². The van der Waals surface area contributed by atoms with Crippen LogP contribution in [0.5, 0.6) is 0 Å². The summed E-state index contributed by atoms with van der Waals surface area (Å²) in [6, 6.07) is 19.8. The second kappa shape index (κ2) is 3.28. The molecule has 1 heterocycles. The third-order valence-corrected chi connectivity index (χ3v) is 5.57. The first-order chi connectivity index (χ1) is 7.36. The Morgan fingerprint density at radius 1 is 0.733 bits per heavy atom. The highest BCUT2D eigenvalue weighted by molar-refractivity contribution is 6.73. The van der Waals surface area contributed by atoms with Crippen LogP contribution in [0.15, 0.2) is 54.6 Å². The Bertz CT molecular complexity index is 587. The summed E-state index contributed by atoms with van der Waals surface area (Å²) < 4.78 is 0. The molecule has 0 spiro atoms. The molecule has 15 heavy (non-hydrogen) atoms. The van der Waals surface area contributed by atoms with Gasteiger partial charge in [-0.15, -0.1) is 0 Å². The minimum Gasteiger partial charge on any atom is -0.0620 e. The van der Waals surface area contributed by atoms with Gasteiger partial charge >= 0.3 is 0 Å². The summed E-state index contributed by atoms with van der Waals surface area (Å²) in [5, 5.41) is 2.82. The van der Waals surface area contributed by atoms with Crippen molar-refractivity contribution in [3.63, 3.8) is 0 Å². The average molecular weight is 208 g/mol. The quantitative estimate of drug-likeness (QED) is 0.391. The maximum absolute atomic E-state index is 2.38. The van der Waals surface area contributed by atoms with Gasteiger partial charge in [-0.25, -0.2) is 0 Å². The van der Waals surface area contributed by atoms with Gasteiger partial charge in [-0.1, -0.05) is 55.1 Å². The number of hydrogen-bond acceptors (Lipinski definition) is 0. The molecule has 1 aromatic heterocycles. The van der Waals surface area contributed by atoms with E-state index in [1.807, 2.05) is 0 Å². The zero-order chi connectivity index (χ0) is 10.3. The predicted octanol–water partition coefficient (Wildman–Crippen LogP) is 3.56. The third-order valence-electron chi connectivity index (χ3n) is 3.04. The Balaban J connectivity index is 2.60. The van der Waals surface area contributed by atoms with Crippen molar-refractivity contribution in [1.29, 1.82) is 0 Å². The molecule has 0 unspecified atom stereocenters. The van der Waals surface area contributed by atoms with Crippen molar-refractivity contribution in [2.24, 2.45) is 6.55 Å². The molecular formula is C14H12Si. The summed E-state index contributed by atoms with van der Waals surface area (Å²) in [6.07, 6.45) is 0. The number of aryl methyl sites for hydroxylation is 1. The zero-order valence-corrected chi connectivity index (χ0v) is 9.70. The summed E-state index contributed by atoms with van der Waals surface area (Å²) in [4.78, 5) is 3.09. The van der Waals surface area contributed by atoms with Crippen molar-refractivity contribution < 1.29 is 0 Å². The number of fused-ring (bicyclic) bond motifs is 2. The number of rotatable bonds is 0. The molecule has 0 saturated carbocycles. The lowest BCUT2D eigenvalue weighted by Crippen LogP contribution is -1.96. The standard InChI is InChI=1S/C14H12Si/c1-15-13-8-4-2-6-11(13)10-12-7-3-5-9-14(12)15/h2-10H,1H3. The molecule has 0 aliphatic rings. The van der Waals surface area contributed by atoms with Crippen LogP contribution in [0.1, 0.15) is 0 Å². The van der Waals surface area contributed by atoms with Gasteiger partial charge < -0.3 is 0 Å². The smallest absolute Gasteiger partial charge is 0.0527 e. The molecule has 3 rings (SSSR count). The molecule has 0 aliphatic carbocycles. The Morgan fingerprint density at radius 2 is 1.20 bits per heavy atom. The lowest BCUT2D eigenvalue weighted by atomic mass is 10.2. The van der Waals surface area contributed by atoms with Crippen LogP contribution < -0.4 is 0 Å². The molecule has 0 N–H and O–H groups in total. The van der Waals surface area contributed by atoms with Crippen molar-refractivity contribution in [3.8, 4) is 0 Å². The number of benzene rings is 2. The monoisotopic (exact) mass is 208 g/mol. The van der Waals surface area contributed by atoms with Crippen molar-refractivity contribution in [1.82, 2.24) is 0 Å². The number of hydrogen-bond donors (Lipinski definition) is 0. The lowest BCUT2D eigenvalue weighted by Gasteiger charge is -2.06. The Kier molecular flexibility index (Phi) is 1.93. The fraction of sp³-hybridized carbons (Fsp3) is 0.0714. The van der Waals surface area contributed by atoms with Crippen molar-refractivity contribution in [2.45, 2.75) is 0 Å². The van der Waals surface area contributed by atoms with E-state index in [9.17, 15) is 0 Å². The van der Waals surface area contributed by atoms with Gasteiger partial charge in [-0.3, -0.25) is 0 Å². The van der Waals surface area contributed by atoms with Crippen LogP contribution in [0.25, 0.3) is 20.8 Å². The van der Waals surface area contributed by atoms with Gasteiger partial charge in [0.15, 0.2) is 0 Å². The third kappa shape index (κ3) is 1.31. The van der Waals surface area contributed by atoms with Gasteiger partial charge in [0.2, 0.25) is 0 Å². The van der Waals surface area contributed by atoms with E-state index in [2.05, 4.69) is 61.1 Å². The van der Waals surface area contributed by atoms with Crippen LogP contribution in [0.4, 0.5) is 0 Å². The second-order valence-electron chi connectivity index (χ2n) is 3.94. The topological polar surface area (TPSA) is 0 Å². The first kappa shape index (κ1) is 8.80. The van der Waals surface area contributed by atoms with E-state index >= 15 is 0 Å². The Morgan fingerprint density at radius 3 is 1.73 bits per heavy atom. The molecule has 0 amide bonds. The zero-order valence-electron chi connectivity index (χ0n) is 8.70. The van der Waals surface area contributed by atoms with Crippen LogP contribution >= 0.6 is 0 Å². The second-order valence-corrected chi connectivity index (χ2v) is 6.27. The van der Waals surface area contributed by atoms with E-state index in [1.54, 1.807) is 9.99 Å². The van der Waals surface area contributed by atoms with Gasteiger partial charge in [0.1, 0.15) is 0 Å². The maximum atomic E-state index is 2.38. The van der Waals surface area contributed by atoms with E-state index in [0.29, 0.717) is 0 Å². The average Bonchev–Trinajstić information content (AvgIpc) is 2.30. The first-order valence-electron chi connectivity index (χ1n) is 5.23. The Hall–Kier alpha value is -1.47. The van der Waals surface area contributed by atoms with E-state index in [4.69, 9.17) is 0 Å². The summed E-state index contributed by atoms with van der Waals surface area (Å²) in [6.45, 7) is 2.38. The highest BCUT2D eigenvalue weighted by Gasteiger charge is 2.02. The fourth-order valence-electron chi connectivity index (χ4n) is 2.24. The molecular weight excluding hydrogens is 196 g/mol. The largest absolute Gasteiger partial charge is 0.0620 e. The first-order valence-corrected chi connectivity index (χ1v) is 7.23. The molecule has 0 aliphatic heterocycles. The minimum absolute atomic E-state index is 0.538. The molecule has 0 saturated heterocycles. The lowest BCUT2D eigenvalue weighted by molar-refractivity contribution is 1.79. The summed E-state index contributed by atoms with van der Waals surface area (Å²) in [5.41, 5.74) is 0. The molecule has 0 atom stereocenters. The summed E-state index contributed by atoms with van der Waals surface area (Å²) in [7, 11) is -0.538. The molecule has 3 aromatic rings. The van der Waals surface area contributed by atoms with E-state index in [0.717, 1.165) is 0 Å². The van der Waals surface area contributed by atoms with Crippen LogP contribution in [-0.2, 0) is 6.55 Å².